The van der Waals surface area contributed by atoms with Gasteiger partial charge in [0, 0.05) is 11.3 Å². The van der Waals surface area contributed by atoms with Gasteiger partial charge in [-0.1, -0.05) is 26.0 Å². The summed E-state index contributed by atoms with van der Waals surface area (Å²) in [4.78, 5) is 23.2. The lowest BCUT2D eigenvalue weighted by Crippen LogP contribution is -2.12. The van der Waals surface area contributed by atoms with E-state index < -0.39 is 5.97 Å². The van der Waals surface area contributed by atoms with Crippen LogP contribution in [0.4, 0.5) is 5.69 Å². The Morgan fingerprint density at radius 1 is 1.07 bits per heavy atom. The fourth-order valence-electron chi connectivity index (χ4n) is 2.42. The van der Waals surface area contributed by atoms with E-state index in [0.29, 0.717) is 40.8 Å². The molecule has 0 radical (unpaired) electrons. The predicted molar refractivity (Wildman–Crippen MR) is 104 cm³/mol. The standard InChI is InChI=1S/C21H25NO5/c1-14(2)10-11-27-18-9-6-16(13-19(18)26-3)21(25)22-17-7-4-15(5-8-17)12-20(23)24/h4-9,13-14H,10-12H2,1-3H3,(H,22,25)(H,23,24). The Balaban J connectivity index is 2.04. The highest BCUT2D eigenvalue weighted by Crippen LogP contribution is 2.28. The molecule has 0 bridgehead atoms. The third-order valence-electron chi connectivity index (χ3n) is 3.95. The van der Waals surface area contributed by atoms with Crippen LogP contribution in [0.25, 0.3) is 0 Å². The Morgan fingerprint density at radius 2 is 1.78 bits per heavy atom. The Hall–Kier alpha value is -3.02. The molecule has 0 aromatic heterocycles. The summed E-state index contributed by atoms with van der Waals surface area (Å²) in [6.45, 7) is 4.84. The zero-order valence-corrected chi connectivity index (χ0v) is 15.8. The highest BCUT2D eigenvalue weighted by atomic mass is 16.5. The molecule has 6 nitrogen and oxygen atoms in total. The quantitative estimate of drug-likeness (QED) is 0.696. The van der Waals surface area contributed by atoms with Gasteiger partial charge in [-0.2, -0.15) is 0 Å². The molecule has 0 heterocycles. The van der Waals surface area contributed by atoms with Crippen LogP contribution in [0.2, 0.25) is 0 Å². The number of carboxylic acids is 1. The molecular formula is C21H25NO5. The molecule has 2 rings (SSSR count). The third kappa shape index (κ3) is 6.33. The normalized spacial score (nSPS) is 10.5. The first-order chi connectivity index (χ1) is 12.9. The molecule has 6 heteroatoms. The van der Waals surface area contributed by atoms with Gasteiger partial charge in [0.05, 0.1) is 20.1 Å². The zero-order valence-electron chi connectivity index (χ0n) is 15.8. The van der Waals surface area contributed by atoms with Crippen LogP contribution in [-0.2, 0) is 11.2 Å². The molecule has 0 aliphatic rings. The molecule has 0 saturated carbocycles. The van der Waals surface area contributed by atoms with Crippen molar-refractivity contribution in [1.82, 2.24) is 0 Å². The SMILES string of the molecule is COc1cc(C(=O)Nc2ccc(CC(=O)O)cc2)ccc1OCCC(C)C. The van der Waals surface area contributed by atoms with E-state index in [4.69, 9.17) is 14.6 Å². The van der Waals surface area contributed by atoms with Crippen molar-refractivity contribution in [2.24, 2.45) is 5.92 Å². The molecule has 0 atom stereocenters. The maximum atomic E-state index is 12.5. The van der Waals surface area contributed by atoms with Crippen molar-refractivity contribution in [3.63, 3.8) is 0 Å². The smallest absolute Gasteiger partial charge is 0.307 e. The molecule has 2 N–H and O–H groups in total. The number of methoxy groups -OCH3 is 1. The fourth-order valence-corrected chi connectivity index (χ4v) is 2.42. The zero-order chi connectivity index (χ0) is 19.8. The summed E-state index contributed by atoms with van der Waals surface area (Å²) in [5, 5.41) is 11.6. The highest BCUT2D eigenvalue weighted by Gasteiger charge is 2.12. The van der Waals surface area contributed by atoms with Crippen LogP contribution < -0.4 is 14.8 Å². The number of rotatable bonds is 9. The van der Waals surface area contributed by atoms with E-state index in [9.17, 15) is 9.59 Å². The maximum Gasteiger partial charge on any atom is 0.307 e. The molecule has 27 heavy (non-hydrogen) atoms. The molecule has 2 aromatic rings. The Morgan fingerprint density at radius 3 is 2.37 bits per heavy atom. The van der Waals surface area contributed by atoms with Gasteiger partial charge in [-0.3, -0.25) is 9.59 Å². The van der Waals surface area contributed by atoms with Gasteiger partial charge in [-0.05, 0) is 48.2 Å². The second-order valence-electron chi connectivity index (χ2n) is 6.62. The summed E-state index contributed by atoms with van der Waals surface area (Å²) in [6, 6.07) is 11.8. The third-order valence-corrected chi connectivity index (χ3v) is 3.95. The van der Waals surface area contributed by atoms with E-state index in [1.54, 1.807) is 42.5 Å². The van der Waals surface area contributed by atoms with Crippen molar-refractivity contribution in [2.45, 2.75) is 26.7 Å². The van der Waals surface area contributed by atoms with Crippen LogP contribution in [0.5, 0.6) is 11.5 Å². The minimum atomic E-state index is -0.894. The number of aliphatic carboxylic acids is 1. The van der Waals surface area contributed by atoms with Crippen molar-refractivity contribution in [2.75, 3.05) is 19.0 Å². The molecule has 144 valence electrons. The minimum absolute atomic E-state index is 0.0519. The van der Waals surface area contributed by atoms with Crippen molar-refractivity contribution >= 4 is 17.6 Å². The number of hydrogen-bond acceptors (Lipinski definition) is 4. The number of hydrogen-bond donors (Lipinski definition) is 2. The van der Waals surface area contributed by atoms with Crippen molar-refractivity contribution in [3.8, 4) is 11.5 Å². The van der Waals surface area contributed by atoms with Gasteiger partial charge >= 0.3 is 5.97 Å². The molecule has 2 aromatic carbocycles. The summed E-state index contributed by atoms with van der Waals surface area (Å²) >= 11 is 0. The van der Waals surface area contributed by atoms with Crippen LogP contribution in [0, 0.1) is 5.92 Å². The van der Waals surface area contributed by atoms with E-state index in [-0.39, 0.29) is 12.3 Å². The van der Waals surface area contributed by atoms with E-state index >= 15 is 0 Å². The number of carboxylic acid groups (broad SMARTS) is 1. The lowest BCUT2D eigenvalue weighted by molar-refractivity contribution is -0.136. The number of benzene rings is 2. The average molecular weight is 371 g/mol. The van der Waals surface area contributed by atoms with Crippen LogP contribution >= 0.6 is 0 Å². The van der Waals surface area contributed by atoms with Gasteiger partial charge in [0.15, 0.2) is 11.5 Å². The first kappa shape index (κ1) is 20.3. The van der Waals surface area contributed by atoms with Gasteiger partial charge in [-0.15, -0.1) is 0 Å². The summed E-state index contributed by atoms with van der Waals surface area (Å²) in [5.74, 6) is 0.474. The highest BCUT2D eigenvalue weighted by molar-refractivity contribution is 6.04. The number of ether oxygens (including phenoxy) is 2. The second kappa shape index (κ2) is 9.62. The van der Waals surface area contributed by atoms with E-state index in [2.05, 4.69) is 19.2 Å². The largest absolute Gasteiger partial charge is 0.493 e. The Kier molecular flexibility index (Phi) is 7.23. The predicted octanol–water partition coefficient (Wildman–Crippen LogP) is 4.00. The summed E-state index contributed by atoms with van der Waals surface area (Å²) < 4.78 is 11.1. The van der Waals surface area contributed by atoms with Crippen molar-refractivity contribution < 1.29 is 24.2 Å². The maximum absolute atomic E-state index is 12.5. The van der Waals surface area contributed by atoms with E-state index in [0.717, 1.165) is 6.42 Å². The van der Waals surface area contributed by atoms with Crippen LogP contribution in [0.15, 0.2) is 42.5 Å². The molecule has 0 unspecified atom stereocenters. The average Bonchev–Trinajstić information content (AvgIpc) is 2.62. The first-order valence-corrected chi connectivity index (χ1v) is 8.82. The van der Waals surface area contributed by atoms with Gasteiger partial charge in [-0.25, -0.2) is 0 Å². The number of amides is 1. The lowest BCUT2D eigenvalue weighted by Gasteiger charge is -2.13. The summed E-state index contributed by atoms with van der Waals surface area (Å²) in [7, 11) is 1.54. The van der Waals surface area contributed by atoms with Gasteiger partial charge < -0.3 is 19.9 Å². The molecule has 0 fully saturated rings. The van der Waals surface area contributed by atoms with Gasteiger partial charge in [0.25, 0.3) is 5.91 Å². The number of carbonyl (C=O) groups excluding carboxylic acids is 1. The summed E-state index contributed by atoms with van der Waals surface area (Å²) in [6.07, 6.45) is 0.882. The summed E-state index contributed by atoms with van der Waals surface area (Å²) in [5.41, 5.74) is 1.70. The fraction of sp³-hybridized carbons (Fsp3) is 0.333. The Labute approximate surface area is 159 Å². The molecule has 0 saturated heterocycles. The minimum Gasteiger partial charge on any atom is -0.493 e. The molecular weight excluding hydrogens is 346 g/mol. The van der Waals surface area contributed by atoms with Crippen LogP contribution in [-0.4, -0.2) is 30.7 Å². The number of nitrogens with one attached hydrogen (secondary N) is 1. The Bertz CT molecular complexity index is 784. The van der Waals surface area contributed by atoms with Crippen LogP contribution in [0.1, 0.15) is 36.2 Å². The monoisotopic (exact) mass is 371 g/mol. The molecule has 0 aliphatic carbocycles. The second-order valence-corrected chi connectivity index (χ2v) is 6.62. The molecule has 1 amide bonds. The van der Waals surface area contributed by atoms with E-state index in [1.165, 1.54) is 7.11 Å². The lowest BCUT2D eigenvalue weighted by atomic mass is 10.1. The molecule has 0 aliphatic heterocycles. The number of carbonyl (C=O) groups is 2. The van der Waals surface area contributed by atoms with E-state index in [1.807, 2.05) is 0 Å². The van der Waals surface area contributed by atoms with Gasteiger partial charge in [0.2, 0.25) is 0 Å². The first-order valence-electron chi connectivity index (χ1n) is 8.82. The van der Waals surface area contributed by atoms with Crippen molar-refractivity contribution in [1.29, 1.82) is 0 Å². The van der Waals surface area contributed by atoms with Crippen molar-refractivity contribution in [3.05, 3.63) is 53.6 Å². The number of anilines is 1. The molecule has 0 spiro atoms. The topological polar surface area (TPSA) is 84.9 Å². The van der Waals surface area contributed by atoms with Gasteiger partial charge in [0.1, 0.15) is 0 Å². The van der Waals surface area contributed by atoms with Crippen LogP contribution in [0.3, 0.4) is 0 Å².